The van der Waals surface area contributed by atoms with Gasteiger partial charge in [0.15, 0.2) is 0 Å². The molecule has 23 heavy (non-hydrogen) atoms. The van der Waals surface area contributed by atoms with Gasteiger partial charge in [-0.15, -0.1) is 0 Å². The maximum atomic E-state index is 12.4. The van der Waals surface area contributed by atoms with E-state index in [2.05, 4.69) is 0 Å². The van der Waals surface area contributed by atoms with Crippen LogP contribution in [-0.2, 0) is 19.1 Å². The molecule has 6 nitrogen and oxygen atoms in total. The summed E-state index contributed by atoms with van der Waals surface area (Å²) in [7, 11) is 3.46. The van der Waals surface area contributed by atoms with E-state index in [0.717, 1.165) is 39.0 Å². The molecule has 1 aliphatic carbocycles. The predicted octanol–water partition coefficient (Wildman–Crippen LogP) is 0.755. The fraction of sp³-hybridized carbons (Fsp3) is 0.882. The van der Waals surface area contributed by atoms with Gasteiger partial charge in [0.25, 0.3) is 0 Å². The summed E-state index contributed by atoms with van der Waals surface area (Å²) in [5.74, 6) is 1.47. The first-order valence-corrected chi connectivity index (χ1v) is 8.74. The third kappa shape index (κ3) is 3.69. The minimum atomic E-state index is -0.0105. The normalized spacial score (nSPS) is 30.2. The van der Waals surface area contributed by atoms with Crippen LogP contribution in [0.1, 0.15) is 25.7 Å². The molecule has 2 heterocycles. The Morgan fingerprint density at radius 2 is 2.04 bits per heavy atom. The van der Waals surface area contributed by atoms with Crippen LogP contribution in [0.15, 0.2) is 0 Å². The number of likely N-dealkylation sites (N-methyl/N-ethyl adjacent to an activating group) is 1. The Labute approximate surface area is 138 Å². The predicted molar refractivity (Wildman–Crippen MR) is 84.8 cm³/mol. The van der Waals surface area contributed by atoms with E-state index < -0.39 is 0 Å². The van der Waals surface area contributed by atoms with E-state index in [1.165, 1.54) is 11.3 Å². The summed E-state index contributed by atoms with van der Waals surface area (Å²) in [4.78, 5) is 27.4. The SMILES string of the molecule is CN(C)C(=O)COCC[C@H]1CO[C@H]2CN(C(=O)C3CCC3)C[C@@H]12. The molecule has 0 radical (unpaired) electrons. The van der Waals surface area contributed by atoms with Gasteiger partial charge in [-0.05, 0) is 25.2 Å². The second kappa shape index (κ2) is 7.18. The largest absolute Gasteiger partial charge is 0.376 e. The molecule has 3 atom stereocenters. The molecular weight excluding hydrogens is 296 g/mol. The number of hydrogen-bond donors (Lipinski definition) is 0. The van der Waals surface area contributed by atoms with Crippen LogP contribution in [-0.4, -0.2) is 74.7 Å². The molecule has 1 saturated carbocycles. The van der Waals surface area contributed by atoms with Crippen molar-refractivity contribution in [2.45, 2.75) is 31.8 Å². The molecule has 0 N–H and O–H groups in total. The number of hydrogen-bond acceptors (Lipinski definition) is 4. The summed E-state index contributed by atoms with van der Waals surface area (Å²) in [5, 5.41) is 0. The highest BCUT2D eigenvalue weighted by molar-refractivity contribution is 5.80. The molecule has 0 aromatic carbocycles. The van der Waals surface area contributed by atoms with E-state index in [9.17, 15) is 9.59 Å². The van der Waals surface area contributed by atoms with Crippen LogP contribution in [0.4, 0.5) is 0 Å². The van der Waals surface area contributed by atoms with E-state index in [4.69, 9.17) is 9.47 Å². The molecule has 3 rings (SSSR count). The fourth-order valence-corrected chi connectivity index (χ4v) is 3.71. The summed E-state index contributed by atoms with van der Waals surface area (Å²) in [6.45, 7) is 3.07. The molecule has 0 aromatic rings. The first kappa shape index (κ1) is 16.7. The highest BCUT2D eigenvalue weighted by atomic mass is 16.5. The van der Waals surface area contributed by atoms with Gasteiger partial charge < -0.3 is 19.3 Å². The van der Waals surface area contributed by atoms with Crippen LogP contribution in [0, 0.1) is 17.8 Å². The summed E-state index contributed by atoms with van der Waals surface area (Å²) in [5.41, 5.74) is 0. The Bertz CT molecular complexity index is 450. The molecular formula is C17H28N2O4. The number of likely N-dealkylation sites (tertiary alicyclic amines) is 1. The van der Waals surface area contributed by atoms with E-state index in [1.54, 1.807) is 14.1 Å². The molecule has 3 aliphatic rings. The highest BCUT2D eigenvalue weighted by Crippen LogP contribution is 2.37. The van der Waals surface area contributed by atoms with Gasteiger partial charge in [0.05, 0.1) is 12.7 Å². The van der Waals surface area contributed by atoms with Crippen LogP contribution in [0.25, 0.3) is 0 Å². The Kier molecular flexibility index (Phi) is 5.21. The molecule has 0 spiro atoms. The topological polar surface area (TPSA) is 59.1 Å². The van der Waals surface area contributed by atoms with Crippen molar-refractivity contribution in [3.05, 3.63) is 0 Å². The van der Waals surface area contributed by atoms with Crippen molar-refractivity contribution in [1.82, 2.24) is 9.80 Å². The van der Waals surface area contributed by atoms with E-state index in [1.807, 2.05) is 4.90 Å². The summed E-state index contributed by atoms with van der Waals surface area (Å²) >= 11 is 0. The van der Waals surface area contributed by atoms with Gasteiger partial charge in [0.2, 0.25) is 11.8 Å². The molecule has 0 unspecified atom stereocenters. The van der Waals surface area contributed by atoms with Crippen molar-refractivity contribution in [3.63, 3.8) is 0 Å². The number of carbonyl (C=O) groups excluding carboxylic acids is 2. The van der Waals surface area contributed by atoms with E-state index in [-0.39, 0.29) is 24.5 Å². The molecule has 0 bridgehead atoms. The van der Waals surface area contributed by atoms with Crippen molar-refractivity contribution in [3.8, 4) is 0 Å². The average Bonchev–Trinajstić information content (AvgIpc) is 3.02. The van der Waals surface area contributed by atoms with Gasteiger partial charge in [-0.3, -0.25) is 9.59 Å². The molecule has 0 aromatic heterocycles. The van der Waals surface area contributed by atoms with Crippen molar-refractivity contribution in [2.75, 3.05) is 47.0 Å². The Hall–Kier alpha value is -1.14. The van der Waals surface area contributed by atoms with Crippen molar-refractivity contribution in [2.24, 2.45) is 17.8 Å². The maximum Gasteiger partial charge on any atom is 0.248 e. The summed E-state index contributed by atoms with van der Waals surface area (Å²) < 4.78 is 11.4. The number of ether oxygens (including phenoxy) is 2. The minimum absolute atomic E-state index is 0.0105. The number of rotatable bonds is 6. The van der Waals surface area contributed by atoms with Gasteiger partial charge in [0.1, 0.15) is 6.61 Å². The van der Waals surface area contributed by atoms with Crippen LogP contribution in [0.3, 0.4) is 0 Å². The zero-order valence-corrected chi connectivity index (χ0v) is 14.2. The average molecular weight is 324 g/mol. The number of nitrogens with zero attached hydrogens (tertiary/aromatic N) is 2. The third-order valence-electron chi connectivity index (χ3n) is 5.56. The molecule has 130 valence electrons. The van der Waals surface area contributed by atoms with Gasteiger partial charge in [-0.1, -0.05) is 6.42 Å². The first-order chi connectivity index (χ1) is 11.1. The lowest BCUT2D eigenvalue weighted by atomic mass is 9.84. The van der Waals surface area contributed by atoms with Crippen LogP contribution >= 0.6 is 0 Å². The van der Waals surface area contributed by atoms with Gasteiger partial charge >= 0.3 is 0 Å². The number of amides is 2. The molecule has 2 aliphatic heterocycles. The van der Waals surface area contributed by atoms with Gasteiger partial charge in [-0.2, -0.15) is 0 Å². The number of fused-ring (bicyclic) bond motifs is 1. The lowest BCUT2D eigenvalue weighted by molar-refractivity contribution is -0.138. The second-order valence-corrected chi connectivity index (χ2v) is 7.30. The molecule has 2 amide bonds. The summed E-state index contributed by atoms with van der Waals surface area (Å²) in [6.07, 6.45) is 4.41. The zero-order valence-electron chi connectivity index (χ0n) is 14.2. The van der Waals surface area contributed by atoms with Gasteiger partial charge in [0, 0.05) is 45.6 Å². The lowest BCUT2D eigenvalue weighted by Gasteiger charge is -2.29. The van der Waals surface area contributed by atoms with E-state index >= 15 is 0 Å². The maximum absolute atomic E-state index is 12.4. The monoisotopic (exact) mass is 324 g/mol. The van der Waals surface area contributed by atoms with Crippen LogP contribution < -0.4 is 0 Å². The second-order valence-electron chi connectivity index (χ2n) is 7.30. The number of carbonyl (C=O) groups is 2. The van der Waals surface area contributed by atoms with Crippen molar-refractivity contribution < 1.29 is 19.1 Å². The highest BCUT2D eigenvalue weighted by Gasteiger charge is 2.46. The fourth-order valence-electron chi connectivity index (χ4n) is 3.71. The third-order valence-corrected chi connectivity index (χ3v) is 5.56. The van der Waals surface area contributed by atoms with Crippen molar-refractivity contribution in [1.29, 1.82) is 0 Å². The quantitative estimate of drug-likeness (QED) is 0.677. The van der Waals surface area contributed by atoms with Gasteiger partial charge in [-0.25, -0.2) is 0 Å². The summed E-state index contributed by atoms with van der Waals surface area (Å²) in [6, 6.07) is 0. The Morgan fingerprint density at radius 3 is 2.70 bits per heavy atom. The first-order valence-electron chi connectivity index (χ1n) is 8.74. The van der Waals surface area contributed by atoms with E-state index in [0.29, 0.717) is 24.3 Å². The minimum Gasteiger partial charge on any atom is -0.376 e. The van der Waals surface area contributed by atoms with Crippen LogP contribution in [0.2, 0.25) is 0 Å². The Balaban J connectivity index is 1.40. The molecule has 2 saturated heterocycles. The molecule has 3 fully saturated rings. The standard InChI is InChI=1S/C17H28N2O4/c1-18(2)16(20)11-22-7-6-13-10-23-15-9-19(8-14(13)15)17(21)12-4-3-5-12/h12-15H,3-11H2,1-2H3/t13-,14-,15-/m0/s1. The Morgan fingerprint density at radius 1 is 1.26 bits per heavy atom. The lowest BCUT2D eigenvalue weighted by Crippen LogP contribution is -2.38. The van der Waals surface area contributed by atoms with Crippen LogP contribution in [0.5, 0.6) is 0 Å². The molecule has 6 heteroatoms. The smallest absolute Gasteiger partial charge is 0.248 e. The zero-order chi connectivity index (χ0) is 16.4. The van der Waals surface area contributed by atoms with Crippen molar-refractivity contribution >= 4 is 11.8 Å².